The van der Waals surface area contributed by atoms with Crippen LogP contribution < -0.4 is 42.0 Å². The highest BCUT2D eigenvalue weighted by atomic mass is 16.5. The van der Waals surface area contributed by atoms with Crippen molar-refractivity contribution in [1.29, 1.82) is 5.26 Å². The third-order valence-corrected chi connectivity index (χ3v) is 27.4. The van der Waals surface area contributed by atoms with Crippen molar-refractivity contribution in [2.24, 2.45) is 0 Å². The first kappa shape index (κ1) is 94.3. The first-order valence-corrected chi connectivity index (χ1v) is 51.0. The predicted molar refractivity (Wildman–Crippen MR) is 567 cm³/mol. The van der Waals surface area contributed by atoms with Crippen LogP contribution in [0.4, 0.5) is 0 Å². The number of aromatic nitrogens is 6. The van der Waals surface area contributed by atoms with E-state index in [-0.39, 0.29) is 11.3 Å². The van der Waals surface area contributed by atoms with Gasteiger partial charge in [0.25, 0.3) is 0 Å². The molecule has 0 aliphatic heterocycles. The van der Waals surface area contributed by atoms with Crippen LogP contribution in [0.25, 0.3) is 115 Å². The molecule has 0 atom stereocenters. The van der Waals surface area contributed by atoms with Gasteiger partial charge >= 0.3 is 13.7 Å². The molecule has 4 heterocycles. The molecule has 0 fully saturated rings. The van der Waals surface area contributed by atoms with E-state index in [4.69, 9.17) is 34.3 Å². The number of nitriles is 1. The molecule has 0 saturated carbocycles. The Hall–Kier alpha value is -12.9. The molecule has 0 saturated heterocycles. The second-order valence-corrected chi connectivity index (χ2v) is 37.1. The Bertz CT molecular complexity index is 6180. The van der Waals surface area contributed by atoms with Crippen molar-refractivity contribution in [2.75, 3.05) is 13.2 Å². The summed E-state index contributed by atoms with van der Waals surface area (Å²) in [6, 6.07) is 105. The molecular weight excluding hydrogens is 1630 g/mol. The van der Waals surface area contributed by atoms with E-state index in [0.717, 1.165) is 125 Å². The molecule has 0 radical (unpaired) electrons. The van der Waals surface area contributed by atoms with E-state index >= 15 is 0 Å². The van der Waals surface area contributed by atoms with Gasteiger partial charge in [-0.2, -0.15) is 5.26 Å². The average molecular weight is 1760 g/mol. The lowest BCUT2D eigenvalue weighted by Gasteiger charge is -2.24. The largest absolute Gasteiger partial charge is 0.494 e. The van der Waals surface area contributed by atoms with Crippen molar-refractivity contribution >= 4 is 101 Å². The zero-order valence-corrected chi connectivity index (χ0v) is 79.3. The number of rotatable bonds is 52. The molecule has 0 spiro atoms. The zero-order valence-electron chi connectivity index (χ0n) is 79.3. The SMILES string of the molecule is [C-]#[N+]/C(c1cnc2cc(-c3ccc4ccccc4c3)ccc2n1)=c1\c2c(-c3ccc(OCCCCCCCCCCCCCCCCCCCC)cc3)n(B(c3ccccc3)c3ccccc3)/c(=C(/C#N)c3cnc4cc(-c5ccc6ccccc6c5)ccc4n3)c2c(-c2ccc(OCCCCCCCCCCCCCCCCCCCC)cc2)n1B(c1ccccc1)c1ccccc1. The molecule has 134 heavy (non-hydrogen) atoms. The van der Waals surface area contributed by atoms with Crippen molar-refractivity contribution < 1.29 is 9.47 Å². The van der Waals surface area contributed by atoms with Gasteiger partial charge in [0.15, 0.2) is 0 Å². The van der Waals surface area contributed by atoms with Crippen LogP contribution >= 0.6 is 0 Å². The fourth-order valence-electron chi connectivity index (χ4n) is 20.1. The standard InChI is InChI=1S/C122H132B2N8O2/c1-4-6-8-10-12-14-16-18-20-22-24-26-28-30-32-34-36-54-84-133-107-78-72-95(73-79-107)119-116-117(122(132(119)124(105-64-46-40-47-65-105)106-66-48-41-49-67-106)118(126-3)115-92-128-113-89-102(77-83-111(113)130-115)100-71-69-94-57-51-53-59-98(94)87-100)120(96-74-80-108(81-75-96)134-85-55-37-35-33-31-29-27-25-23-21-19-17-15-13-11-9-7-5-2)131(123(103-60-42-38-43-61-103)104-62-44-39-45-63-104)121(116)109(90-125)114-91-127-112-88-101(76-82-110(112)129-114)99-70-68-93-56-50-52-58-97(93)86-99/h38-53,56-83,86-89,91-92H,4-37,54-55,84-85H2,1-2H3/b121-109-,122-118+. The molecule has 12 heteroatoms. The minimum Gasteiger partial charge on any atom is -0.494 e. The molecule has 0 N–H and O–H groups in total. The van der Waals surface area contributed by atoms with Gasteiger partial charge in [-0.25, -0.2) is 9.83 Å². The Balaban J connectivity index is 0.845. The average Bonchev–Trinajstić information content (AvgIpc) is 1.52. The summed E-state index contributed by atoms with van der Waals surface area (Å²) in [6.45, 7) is 14.7. The number of benzene rings is 12. The van der Waals surface area contributed by atoms with Crippen molar-refractivity contribution in [3.63, 3.8) is 0 Å². The Labute approximate surface area is 797 Å². The van der Waals surface area contributed by atoms with Gasteiger partial charge in [0, 0.05) is 33.7 Å². The van der Waals surface area contributed by atoms with Crippen molar-refractivity contribution in [3.05, 3.63) is 337 Å². The second-order valence-electron chi connectivity index (χ2n) is 37.1. The van der Waals surface area contributed by atoms with Gasteiger partial charge in [-0.15, -0.1) is 0 Å². The number of nitrogens with zero attached hydrogens (tertiary/aromatic N) is 8. The van der Waals surface area contributed by atoms with Gasteiger partial charge in [-0.05, 0) is 153 Å². The van der Waals surface area contributed by atoms with E-state index in [1.807, 2.05) is 12.1 Å². The maximum absolute atomic E-state index is 13.0. The van der Waals surface area contributed by atoms with Crippen LogP contribution in [-0.2, 0) is 0 Å². The summed E-state index contributed by atoms with van der Waals surface area (Å²) >= 11 is 0. The lowest BCUT2D eigenvalue weighted by Crippen LogP contribution is -2.54. The number of hydrogen-bond acceptors (Lipinski definition) is 7. The molecule has 16 aromatic rings. The normalized spacial score (nSPS) is 12.0. The number of fused-ring (bicyclic) bond motifs is 5. The van der Waals surface area contributed by atoms with Crippen LogP contribution in [0.1, 0.15) is 256 Å². The Morgan fingerprint density at radius 2 is 0.597 bits per heavy atom. The van der Waals surface area contributed by atoms with Crippen LogP contribution in [-0.4, -0.2) is 55.8 Å². The molecule has 16 rings (SSSR count). The molecule has 4 aromatic heterocycles. The van der Waals surface area contributed by atoms with Crippen LogP contribution in [0, 0.1) is 17.9 Å². The molecule has 0 aliphatic rings. The summed E-state index contributed by atoms with van der Waals surface area (Å²) in [7, 11) is 0. The minimum atomic E-state index is -0.617. The van der Waals surface area contributed by atoms with Crippen molar-refractivity contribution in [1.82, 2.24) is 28.9 Å². The number of unbranched alkanes of at least 4 members (excludes halogenated alkanes) is 34. The first-order valence-electron chi connectivity index (χ1n) is 51.0. The highest BCUT2D eigenvalue weighted by Crippen LogP contribution is 2.40. The summed E-state index contributed by atoms with van der Waals surface area (Å²) in [6.07, 6.45) is 50.9. The molecule has 678 valence electrons. The lowest BCUT2D eigenvalue weighted by atomic mass is 9.50. The summed E-state index contributed by atoms with van der Waals surface area (Å²) in [5.41, 5.74) is 15.2. The summed E-state index contributed by atoms with van der Waals surface area (Å²) in [5, 5.41) is 20.3. The fourth-order valence-corrected chi connectivity index (χ4v) is 20.1. The second kappa shape index (κ2) is 49.7. The predicted octanol–water partition coefficient (Wildman–Crippen LogP) is 29.3. The van der Waals surface area contributed by atoms with E-state index in [1.54, 1.807) is 12.4 Å². The fraction of sp³-hybridized carbons (Fsp3) is 0.328. The van der Waals surface area contributed by atoms with Gasteiger partial charge in [0.05, 0.1) is 59.1 Å². The third kappa shape index (κ3) is 24.4. The number of hydrogen-bond donors (Lipinski definition) is 0. The summed E-state index contributed by atoms with van der Waals surface area (Å²) in [5.74, 6) is 1.52. The van der Waals surface area contributed by atoms with Crippen LogP contribution in [0.5, 0.6) is 11.5 Å². The van der Waals surface area contributed by atoms with Crippen LogP contribution in [0.3, 0.4) is 0 Å². The highest BCUT2D eigenvalue weighted by molar-refractivity contribution is 6.85. The van der Waals surface area contributed by atoms with Crippen LogP contribution in [0.2, 0.25) is 0 Å². The minimum absolute atomic E-state index is 0.270. The molecule has 0 amide bonds. The van der Waals surface area contributed by atoms with E-state index in [9.17, 15) is 11.8 Å². The molecular formula is C122H132B2N8O2. The van der Waals surface area contributed by atoms with Gasteiger partial charge in [-0.3, -0.25) is 15.0 Å². The molecule has 0 aliphatic carbocycles. The van der Waals surface area contributed by atoms with Crippen LogP contribution in [0.15, 0.2) is 304 Å². The van der Waals surface area contributed by atoms with Crippen molar-refractivity contribution in [2.45, 2.75) is 245 Å². The molecule has 0 bridgehead atoms. The third-order valence-electron chi connectivity index (χ3n) is 27.4. The Morgan fingerprint density at radius 1 is 0.306 bits per heavy atom. The molecule has 0 unspecified atom stereocenters. The maximum atomic E-state index is 13.0. The van der Waals surface area contributed by atoms with E-state index < -0.39 is 13.7 Å². The Kier molecular flexibility index (Phi) is 35.0. The molecule has 12 aromatic carbocycles. The molecule has 10 nitrogen and oxygen atoms in total. The Morgan fingerprint density at radius 3 is 0.948 bits per heavy atom. The van der Waals surface area contributed by atoms with E-state index in [1.165, 1.54) is 216 Å². The first-order chi connectivity index (χ1) is 66.4. The quantitative estimate of drug-likeness (QED) is 0.0212. The highest BCUT2D eigenvalue weighted by Gasteiger charge is 2.38. The maximum Gasteiger partial charge on any atom is 0.328 e. The van der Waals surface area contributed by atoms with Crippen molar-refractivity contribution in [3.8, 4) is 62.3 Å². The van der Waals surface area contributed by atoms with Gasteiger partial charge in [0.2, 0.25) is 5.70 Å². The zero-order chi connectivity index (χ0) is 91.5. The number of ether oxygens (including phenoxy) is 2. The summed E-state index contributed by atoms with van der Waals surface area (Å²) in [4.78, 5) is 26.8. The van der Waals surface area contributed by atoms with Gasteiger partial charge in [-0.1, -0.05) is 460 Å². The monoisotopic (exact) mass is 1760 g/mol. The van der Waals surface area contributed by atoms with E-state index in [0.29, 0.717) is 57.4 Å². The van der Waals surface area contributed by atoms with Gasteiger partial charge < -0.3 is 18.4 Å². The topological polar surface area (TPSA) is 108 Å². The summed E-state index contributed by atoms with van der Waals surface area (Å²) < 4.78 is 18.4. The van der Waals surface area contributed by atoms with Gasteiger partial charge in [0.1, 0.15) is 28.8 Å². The smallest absolute Gasteiger partial charge is 0.328 e. The van der Waals surface area contributed by atoms with E-state index in [2.05, 4.69) is 308 Å². The lowest BCUT2D eigenvalue weighted by molar-refractivity contribution is 0.304.